The van der Waals surface area contributed by atoms with Crippen LogP contribution in [0.25, 0.3) is 0 Å². The lowest BCUT2D eigenvalue weighted by atomic mass is 10.0. The molecule has 6 nitrogen and oxygen atoms in total. The van der Waals surface area contributed by atoms with Crippen LogP contribution in [0.1, 0.15) is 26.6 Å². The molecule has 0 aliphatic carbocycles. The molecule has 1 aromatic heterocycles. The van der Waals surface area contributed by atoms with Gasteiger partial charge in [-0.2, -0.15) is 4.98 Å². The zero-order valence-corrected chi connectivity index (χ0v) is 9.10. The number of carbonyl (C=O) groups is 1. The third kappa shape index (κ3) is 2.53. The molecule has 0 radical (unpaired) electrons. The smallest absolute Gasteiger partial charge is 0.323 e. The third-order valence-electron chi connectivity index (χ3n) is 2.43. The van der Waals surface area contributed by atoms with Crippen LogP contribution < -0.4 is 0 Å². The molecule has 0 amide bonds. The van der Waals surface area contributed by atoms with E-state index in [4.69, 9.17) is 5.11 Å². The monoisotopic (exact) mass is 213 g/mol. The van der Waals surface area contributed by atoms with Gasteiger partial charge in [-0.15, -0.1) is 0 Å². The molecule has 0 spiro atoms. The number of nitrogens with zero attached hydrogens (tertiary/aromatic N) is 3. The molecule has 1 heterocycles. The average Bonchev–Trinajstić information content (AvgIpc) is 2.65. The normalized spacial score (nSPS) is 12.0. The van der Waals surface area contributed by atoms with E-state index in [1.165, 1.54) is 6.39 Å². The SMILES string of the molecule is CCN(Cc1ncon1)C(C)(C)C(=O)O. The van der Waals surface area contributed by atoms with Crippen molar-refractivity contribution < 1.29 is 14.4 Å². The highest BCUT2D eigenvalue weighted by Crippen LogP contribution is 2.16. The van der Waals surface area contributed by atoms with Crippen LogP contribution in [0.5, 0.6) is 0 Å². The predicted molar refractivity (Wildman–Crippen MR) is 52.1 cm³/mol. The molecule has 6 heteroatoms. The van der Waals surface area contributed by atoms with Gasteiger partial charge in [0.25, 0.3) is 0 Å². The Bertz CT molecular complexity index is 321. The van der Waals surface area contributed by atoms with Crippen molar-refractivity contribution in [3.63, 3.8) is 0 Å². The summed E-state index contributed by atoms with van der Waals surface area (Å²) in [5, 5.41) is 12.7. The van der Waals surface area contributed by atoms with E-state index in [1.54, 1.807) is 18.7 Å². The highest BCUT2D eigenvalue weighted by molar-refractivity contribution is 5.77. The Labute approximate surface area is 87.9 Å². The molecule has 0 aliphatic rings. The number of carboxylic acid groups (broad SMARTS) is 1. The number of likely N-dealkylation sites (N-methyl/N-ethyl adjacent to an activating group) is 1. The van der Waals surface area contributed by atoms with Crippen LogP contribution in [-0.2, 0) is 11.3 Å². The van der Waals surface area contributed by atoms with Crippen molar-refractivity contribution in [2.24, 2.45) is 0 Å². The molecule has 0 aromatic carbocycles. The Morgan fingerprint density at radius 2 is 2.33 bits per heavy atom. The summed E-state index contributed by atoms with van der Waals surface area (Å²) in [5.41, 5.74) is -0.935. The molecule has 0 fully saturated rings. The predicted octanol–water partition coefficient (Wildman–Crippen LogP) is 0.755. The van der Waals surface area contributed by atoms with Gasteiger partial charge in [0.05, 0.1) is 6.54 Å². The first-order chi connectivity index (χ1) is 6.98. The van der Waals surface area contributed by atoms with Crippen molar-refractivity contribution in [3.05, 3.63) is 12.2 Å². The Hall–Kier alpha value is -1.43. The van der Waals surface area contributed by atoms with E-state index < -0.39 is 11.5 Å². The molecule has 0 aliphatic heterocycles. The van der Waals surface area contributed by atoms with Gasteiger partial charge < -0.3 is 9.63 Å². The van der Waals surface area contributed by atoms with Crippen molar-refractivity contribution in [2.75, 3.05) is 6.54 Å². The first-order valence-electron chi connectivity index (χ1n) is 4.72. The molecule has 0 unspecified atom stereocenters. The van der Waals surface area contributed by atoms with Gasteiger partial charge in [-0.3, -0.25) is 9.69 Å². The van der Waals surface area contributed by atoms with Crippen LogP contribution in [0.3, 0.4) is 0 Å². The van der Waals surface area contributed by atoms with Gasteiger partial charge in [-0.25, -0.2) is 0 Å². The van der Waals surface area contributed by atoms with Crippen molar-refractivity contribution in [1.29, 1.82) is 0 Å². The molecular weight excluding hydrogens is 198 g/mol. The van der Waals surface area contributed by atoms with E-state index in [0.717, 1.165) is 0 Å². The Kier molecular flexibility index (Phi) is 3.41. The number of rotatable bonds is 5. The summed E-state index contributed by atoms with van der Waals surface area (Å²) >= 11 is 0. The van der Waals surface area contributed by atoms with E-state index in [1.807, 2.05) is 6.92 Å². The summed E-state index contributed by atoms with van der Waals surface area (Å²) in [6, 6.07) is 0. The maximum Gasteiger partial charge on any atom is 0.323 e. The van der Waals surface area contributed by atoms with E-state index in [0.29, 0.717) is 18.9 Å². The van der Waals surface area contributed by atoms with Gasteiger partial charge in [0, 0.05) is 0 Å². The van der Waals surface area contributed by atoms with Gasteiger partial charge in [-0.1, -0.05) is 12.1 Å². The Morgan fingerprint density at radius 3 is 2.73 bits per heavy atom. The van der Waals surface area contributed by atoms with E-state index in [-0.39, 0.29) is 0 Å². The highest BCUT2D eigenvalue weighted by Gasteiger charge is 2.34. The van der Waals surface area contributed by atoms with Crippen LogP contribution in [0.2, 0.25) is 0 Å². The molecular formula is C9H15N3O3. The van der Waals surface area contributed by atoms with E-state index in [9.17, 15) is 4.79 Å². The first-order valence-corrected chi connectivity index (χ1v) is 4.72. The van der Waals surface area contributed by atoms with Gasteiger partial charge in [0.1, 0.15) is 5.54 Å². The van der Waals surface area contributed by atoms with Crippen LogP contribution in [0.4, 0.5) is 0 Å². The fourth-order valence-corrected chi connectivity index (χ4v) is 1.27. The summed E-state index contributed by atoms with van der Waals surface area (Å²) < 4.78 is 4.60. The Morgan fingerprint density at radius 1 is 1.67 bits per heavy atom. The van der Waals surface area contributed by atoms with Crippen LogP contribution >= 0.6 is 0 Å². The second-order valence-electron chi connectivity index (χ2n) is 3.73. The number of aliphatic carboxylic acids is 1. The third-order valence-corrected chi connectivity index (χ3v) is 2.43. The summed E-state index contributed by atoms with van der Waals surface area (Å²) in [6.45, 7) is 6.17. The minimum Gasteiger partial charge on any atom is -0.480 e. The van der Waals surface area contributed by atoms with Crippen molar-refractivity contribution in [3.8, 4) is 0 Å². The lowest BCUT2D eigenvalue weighted by molar-refractivity contribution is -0.149. The summed E-state index contributed by atoms with van der Waals surface area (Å²) in [7, 11) is 0. The molecule has 84 valence electrons. The van der Waals surface area contributed by atoms with E-state index >= 15 is 0 Å². The molecule has 15 heavy (non-hydrogen) atoms. The number of aromatic nitrogens is 2. The molecule has 1 rings (SSSR count). The quantitative estimate of drug-likeness (QED) is 0.777. The first kappa shape index (κ1) is 11.6. The number of hydrogen-bond donors (Lipinski definition) is 1. The minimum absolute atomic E-state index is 0.367. The van der Waals surface area contributed by atoms with Crippen LogP contribution in [0, 0.1) is 0 Å². The van der Waals surface area contributed by atoms with Crippen LogP contribution in [0.15, 0.2) is 10.9 Å². The average molecular weight is 213 g/mol. The molecule has 0 atom stereocenters. The largest absolute Gasteiger partial charge is 0.480 e. The molecule has 0 saturated carbocycles. The van der Waals surface area contributed by atoms with Gasteiger partial charge >= 0.3 is 5.97 Å². The molecule has 0 saturated heterocycles. The van der Waals surface area contributed by atoms with Crippen molar-refractivity contribution >= 4 is 5.97 Å². The fraction of sp³-hybridized carbons (Fsp3) is 0.667. The maximum absolute atomic E-state index is 11.0. The zero-order chi connectivity index (χ0) is 11.5. The van der Waals surface area contributed by atoms with E-state index in [2.05, 4.69) is 14.7 Å². The summed E-state index contributed by atoms with van der Waals surface area (Å²) in [5.74, 6) is -0.376. The number of carboxylic acids is 1. The summed E-state index contributed by atoms with van der Waals surface area (Å²) in [6.07, 6.45) is 1.23. The zero-order valence-electron chi connectivity index (χ0n) is 9.10. The topological polar surface area (TPSA) is 79.5 Å². The molecule has 0 bridgehead atoms. The van der Waals surface area contributed by atoms with Crippen LogP contribution in [-0.4, -0.2) is 38.2 Å². The van der Waals surface area contributed by atoms with Crippen molar-refractivity contribution in [2.45, 2.75) is 32.9 Å². The fourth-order valence-electron chi connectivity index (χ4n) is 1.27. The summed E-state index contributed by atoms with van der Waals surface area (Å²) in [4.78, 5) is 16.7. The second kappa shape index (κ2) is 4.39. The molecule has 1 N–H and O–H groups in total. The maximum atomic E-state index is 11.0. The Balaban J connectivity index is 2.76. The number of hydrogen-bond acceptors (Lipinski definition) is 5. The standard InChI is InChI=1S/C9H15N3O3/c1-4-12(9(2,3)8(13)14)5-7-10-6-15-11-7/h6H,4-5H2,1-3H3,(H,13,14). The lowest BCUT2D eigenvalue weighted by Gasteiger charge is -2.32. The lowest BCUT2D eigenvalue weighted by Crippen LogP contribution is -2.49. The molecule has 1 aromatic rings. The second-order valence-corrected chi connectivity index (χ2v) is 3.73. The van der Waals surface area contributed by atoms with Gasteiger partial charge in [-0.05, 0) is 20.4 Å². The van der Waals surface area contributed by atoms with Crippen molar-refractivity contribution in [1.82, 2.24) is 15.0 Å². The minimum atomic E-state index is -0.935. The van der Waals surface area contributed by atoms with Gasteiger partial charge in [0.15, 0.2) is 5.82 Å². The highest BCUT2D eigenvalue weighted by atomic mass is 16.5. The van der Waals surface area contributed by atoms with Gasteiger partial charge in [0.2, 0.25) is 6.39 Å².